The molecule has 0 radical (unpaired) electrons. The van der Waals surface area contributed by atoms with E-state index in [1.807, 2.05) is 18.2 Å². The van der Waals surface area contributed by atoms with Crippen molar-refractivity contribution in [2.75, 3.05) is 36.0 Å². The third-order valence-electron chi connectivity index (χ3n) is 7.07. The molecule has 0 atom stereocenters. The first-order chi connectivity index (χ1) is 18.7. The maximum absolute atomic E-state index is 13.5. The third-order valence-corrected chi connectivity index (χ3v) is 9.52. The molecule has 0 spiro atoms. The van der Waals surface area contributed by atoms with Crippen LogP contribution in [0, 0.1) is 11.3 Å². The fourth-order valence-electron chi connectivity index (χ4n) is 4.86. The number of hydrogen-bond acceptors (Lipinski definition) is 9. The summed E-state index contributed by atoms with van der Waals surface area (Å²) in [5.74, 6) is 0. The Morgan fingerprint density at radius 1 is 1.08 bits per heavy atom. The molecule has 202 valence electrons. The number of aryl methyl sites for hydroxylation is 1. The molecule has 1 aliphatic carbocycles. The lowest BCUT2D eigenvalue weighted by Gasteiger charge is -2.37. The van der Waals surface area contributed by atoms with Gasteiger partial charge in [-0.05, 0) is 37.1 Å². The van der Waals surface area contributed by atoms with Gasteiger partial charge in [-0.25, -0.2) is 17.2 Å². The van der Waals surface area contributed by atoms with Gasteiger partial charge in [0.25, 0.3) is 6.43 Å². The Balaban J connectivity index is 1.44. The van der Waals surface area contributed by atoms with Gasteiger partial charge in [-0.1, -0.05) is 29.5 Å². The Morgan fingerprint density at radius 3 is 2.38 bits per heavy atom. The van der Waals surface area contributed by atoms with Gasteiger partial charge in [0, 0.05) is 44.3 Å². The van der Waals surface area contributed by atoms with Gasteiger partial charge in [0.15, 0.2) is 10.0 Å². The molecular formula is C25H24F2N8O2S2. The predicted octanol–water partition coefficient (Wildman–Crippen LogP) is 3.69. The molecule has 2 aliphatic rings. The average Bonchev–Trinajstić information content (AvgIpc) is 3.37. The number of benzene rings is 2. The molecule has 3 heterocycles. The first kappa shape index (κ1) is 25.6. The highest BCUT2D eigenvalue weighted by Gasteiger charge is 2.47. The van der Waals surface area contributed by atoms with Gasteiger partial charge in [0.1, 0.15) is 11.2 Å². The van der Waals surface area contributed by atoms with Crippen molar-refractivity contribution in [3.8, 4) is 16.8 Å². The summed E-state index contributed by atoms with van der Waals surface area (Å²) in [5, 5.41) is 21.7. The molecule has 2 aromatic heterocycles. The van der Waals surface area contributed by atoms with E-state index in [1.54, 1.807) is 17.8 Å². The van der Waals surface area contributed by atoms with Crippen molar-refractivity contribution in [2.45, 2.75) is 29.7 Å². The summed E-state index contributed by atoms with van der Waals surface area (Å²) in [6.45, 7) is 2.68. The van der Waals surface area contributed by atoms with Crippen LogP contribution in [0.1, 0.15) is 24.3 Å². The minimum atomic E-state index is -4.07. The lowest BCUT2D eigenvalue weighted by Crippen LogP contribution is -2.46. The van der Waals surface area contributed by atoms with E-state index < -0.39 is 27.0 Å². The topological polar surface area (TPSA) is 120 Å². The van der Waals surface area contributed by atoms with Crippen molar-refractivity contribution in [1.82, 2.24) is 24.7 Å². The van der Waals surface area contributed by atoms with Gasteiger partial charge in [0.2, 0.25) is 10.0 Å². The molecule has 1 saturated carbocycles. The number of nitriles is 1. The average molecular weight is 571 g/mol. The van der Waals surface area contributed by atoms with E-state index >= 15 is 0 Å². The van der Waals surface area contributed by atoms with Gasteiger partial charge in [-0.2, -0.15) is 15.1 Å². The standard InChI is InChI=1S/C25H24F2N8O2S2/c1-33-21-18(20(31-33)23-29-30-24(38-23)22(26)27)13-17(39(36,37)32-25(15-28)7-8-25)14-19(21)35-11-9-34(10-12-35)16-5-3-2-4-6-16/h2-6,13-14,22,32H,7-12H2,1H3. The second-order valence-electron chi connectivity index (χ2n) is 9.67. The van der Waals surface area contributed by atoms with Crippen LogP contribution < -0.4 is 14.5 Å². The summed E-state index contributed by atoms with van der Waals surface area (Å²) in [7, 11) is -2.34. The Hall–Kier alpha value is -3.67. The predicted molar refractivity (Wildman–Crippen MR) is 143 cm³/mol. The van der Waals surface area contributed by atoms with Crippen molar-refractivity contribution < 1.29 is 17.2 Å². The Morgan fingerprint density at radius 2 is 1.77 bits per heavy atom. The molecule has 0 unspecified atom stereocenters. The minimum absolute atomic E-state index is 0.0233. The molecule has 4 aromatic rings. The number of piperazine rings is 1. The van der Waals surface area contributed by atoms with Crippen LogP contribution in [0.4, 0.5) is 20.2 Å². The van der Waals surface area contributed by atoms with E-state index in [4.69, 9.17) is 0 Å². The van der Waals surface area contributed by atoms with Crippen molar-refractivity contribution in [3.63, 3.8) is 0 Å². The van der Waals surface area contributed by atoms with Crippen molar-refractivity contribution in [3.05, 3.63) is 47.5 Å². The smallest absolute Gasteiger partial charge is 0.291 e. The Bertz CT molecular complexity index is 1690. The van der Waals surface area contributed by atoms with Crippen LogP contribution >= 0.6 is 11.3 Å². The number of rotatable bonds is 7. The molecule has 1 saturated heterocycles. The van der Waals surface area contributed by atoms with E-state index in [0.717, 1.165) is 30.1 Å². The number of hydrogen-bond donors (Lipinski definition) is 1. The lowest BCUT2D eigenvalue weighted by molar-refractivity contribution is 0.150. The minimum Gasteiger partial charge on any atom is -0.368 e. The van der Waals surface area contributed by atoms with Gasteiger partial charge >= 0.3 is 0 Å². The van der Waals surface area contributed by atoms with Crippen LogP contribution in [-0.4, -0.2) is 60.1 Å². The van der Waals surface area contributed by atoms with Crippen LogP contribution in [0.2, 0.25) is 0 Å². The van der Waals surface area contributed by atoms with Crippen molar-refractivity contribution in [1.29, 1.82) is 5.26 Å². The quantitative estimate of drug-likeness (QED) is 0.357. The normalized spacial score (nSPS) is 17.1. The van der Waals surface area contributed by atoms with E-state index in [0.29, 0.717) is 42.5 Å². The van der Waals surface area contributed by atoms with Gasteiger partial charge in [-0.15, -0.1) is 10.2 Å². The number of alkyl halides is 2. The number of anilines is 2. The second-order valence-corrected chi connectivity index (χ2v) is 12.4. The fourth-order valence-corrected chi connectivity index (χ4v) is 6.98. The first-order valence-corrected chi connectivity index (χ1v) is 14.6. The van der Waals surface area contributed by atoms with Crippen molar-refractivity contribution >= 4 is 43.6 Å². The summed E-state index contributed by atoms with van der Waals surface area (Å²) in [6.07, 6.45) is -1.89. The molecule has 6 rings (SSSR count). The van der Waals surface area contributed by atoms with E-state index in [9.17, 15) is 22.5 Å². The van der Waals surface area contributed by atoms with Crippen LogP contribution in [0.5, 0.6) is 0 Å². The zero-order valence-corrected chi connectivity index (χ0v) is 22.5. The van der Waals surface area contributed by atoms with Gasteiger partial charge < -0.3 is 9.80 Å². The summed E-state index contributed by atoms with van der Waals surface area (Å²) < 4.78 is 57.6. The molecule has 14 heteroatoms. The molecule has 0 amide bonds. The number of nitrogens with zero attached hydrogens (tertiary/aromatic N) is 7. The van der Waals surface area contributed by atoms with Crippen LogP contribution in [0.3, 0.4) is 0 Å². The number of nitrogens with one attached hydrogen (secondary N) is 1. The molecule has 1 N–H and O–H groups in total. The number of fused-ring (bicyclic) bond motifs is 1. The highest BCUT2D eigenvalue weighted by molar-refractivity contribution is 7.89. The van der Waals surface area contributed by atoms with Crippen LogP contribution in [0.15, 0.2) is 47.4 Å². The van der Waals surface area contributed by atoms with E-state index in [1.165, 1.54) is 6.07 Å². The summed E-state index contributed by atoms with van der Waals surface area (Å²) >= 11 is 0.722. The van der Waals surface area contributed by atoms with Crippen molar-refractivity contribution in [2.24, 2.45) is 7.05 Å². The molecule has 2 fully saturated rings. The van der Waals surface area contributed by atoms with Crippen LogP contribution in [0.25, 0.3) is 21.6 Å². The number of sulfonamides is 1. The SMILES string of the molecule is Cn1nc(-c2nnc(C(F)F)s2)c2cc(S(=O)(=O)NC3(C#N)CC3)cc(N3CCN(c4ccccc4)CC3)c21. The van der Waals surface area contributed by atoms with Crippen LogP contribution in [-0.2, 0) is 17.1 Å². The summed E-state index contributed by atoms with van der Waals surface area (Å²) in [4.78, 5) is 4.35. The highest BCUT2D eigenvalue weighted by Crippen LogP contribution is 2.40. The molecular weight excluding hydrogens is 546 g/mol. The fraction of sp³-hybridized carbons (Fsp3) is 0.360. The monoisotopic (exact) mass is 570 g/mol. The zero-order valence-electron chi connectivity index (χ0n) is 20.9. The van der Waals surface area contributed by atoms with E-state index in [-0.39, 0.29) is 15.6 Å². The third kappa shape index (κ3) is 4.70. The van der Waals surface area contributed by atoms with Gasteiger partial charge in [0.05, 0.1) is 22.2 Å². The zero-order chi connectivity index (χ0) is 27.4. The molecule has 10 nitrogen and oxygen atoms in total. The van der Waals surface area contributed by atoms with E-state index in [2.05, 4.69) is 48.0 Å². The number of aromatic nitrogens is 4. The lowest BCUT2D eigenvalue weighted by atomic mass is 10.1. The number of para-hydroxylation sites is 1. The Kier molecular flexibility index (Phi) is 6.24. The second kappa shape index (κ2) is 9.51. The molecule has 0 bridgehead atoms. The first-order valence-electron chi connectivity index (χ1n) is 12.3. The highest BCUT2D eigenvalue weighted by atomic mass is 32.2. The Labute approximate surface area is 227 Å². The summed E-state index contributed by atoms with van der Waals surface area (Å²) in [6, 6.07) is 15.2. The number of halogens is 2. The van der Waals surface area contributed by atoms with Gasteiger partial charge in [-0.3, -0.25) is 4.68 Å². The largest absolute Gasteiger partial charge is 0.368 e. The maximum atomic E-state index is 13.5. The maximum Gasteiger partial charge on any atom is 0.291 e. The molecule has 39 heavy (non-hydrogen) atoms. The molecule has 2 aromatic carbocycles. The molecule has 1 aliphatic heterocycles. The summed E-state index contributed by atoms with van der Waals surface area (Å²) in [5.41, 5.74) is 1.61.